The second-order valence-corrected chi connectivity index (χ2v) is 5.65. The average Bonchev–Trinajstić information content (AvgIpc) is 2.55. The van der Waals surface area contributed by atoms with Crippen molar-refractivity contribution in [2.75, 3.05) is 52.8 Å². The van der Waals surface area contributed by atoms with Crippen molar-refractivity contribution in [3.05, 3.63) is 18.2 Å². The number of benzene rings is 1. The zero-order valence-electron chi connectivity index (χ0n) is 15.1. The number of rotatable bonds is 9. The molecule has 2 amide bonds. The number of hydrogen-bond acceptors (Lipinski definition) is 5. The second kappa shape index (κ2) is 9.77. The molecule has 0 saturated heterocycles. The molecule has 0 saturated carbocycles. The molecule has 0 aliphatic carbocycles. The number of nitrogens with zero attached hydrogens (tertiary/aromatic N) is 2. The summed E-state index contributed by atoms with van der Waals surface area (Å²) in [6.07, 6.45) is 0.856. The molecule has 0 aromatic heterocycles. The van der Waals surface area contributed by atoms with Gasteiger partial charge in [-0.1, -0.05) is 0 Å². The van der Waals surface area contributed by atoms with E-state index < -0.39 is 0 Å². The van der Waals surface area contributed by atoms with Crippen LogP contribution in [-0.4, -0.2) is 64.7 Å². The van der Waals surface area contributed by atoms with Crippen LogP contribution >= 0.6 is 0 Å². The van der Waals surface area contributed by atoms with E-state index in [0.29, 0.717) is 23.7 Å². The Morgan fingerprint density at radius 1 is 1.12 bits per heavy atom. The minimum Gasteiger partial charge on any atom is -0.493 e. The Morgan fingerprint density at radius 2 is 1.79 bits per heavy atom. The largest absolute Gasteiger partial charge is 0.493 e. The van der Waals surface area contributed by atoms with Crippen LogP contribution in [0.3, 0.4) is 0 Å². The molecule has 134 valence electrons. The van der Waals surface area contributed by atoms with Gasteiger partial charge in [0.1, 0.15) is 6.54 Å². The molecule has 24 heavy (non-hydrogen) atoms. The van der Waals surface area contributed by atoms with Crippen molar-refractivity contribution in [1.29, 1.82) is 0 Å². The van der Waals surface area contributed by atoms with Crippen LogP contribution in [0, 0.1) is 0 Å². The standard InChI is InChI=1S/C17H27N3O4/c1-13(21)20(12-17(22)18-9-6-10-19(2)3)14-7-8-15(23-4)16(11-14)24-5/h7-8,11H,6,9-10,12H2,1-5H3,(H,18,22). The van der Waals surface area contributed by atoms with E-state index in [1.165, 1.54) is 18.9 Å². The normalized spacial score (nSPS) is 10.4. The highest BCUT2D eigenvalue weighted by Gasteiger charge is 2.17. The summed E-state index contributed by atoms with van der Waals surface area (Å²) in [6, 6.07) is 5.11. The number of carbonyl (C=O) groups is 2. The molecule has 0 unspecified atom stereocenters. The third-order valence-corrected chi connectivity index (χ3v) is 3.46. The summed E-state index contributed by atoms with van der Waals surface area (Å²) in [5.74, 6) is 0.662. The first-order valence-corrected chi connectivity index (χ1v) is 7.80. The second-order valence-electron chi connectivity index (χ2n) is 5.65. The van der Waals surface area contributed by atoms with Crippen LogP contribution in [0.15, 0.2) is 18.2 Å². The molecule has 0 heterocycles. The molecule has 0 aliphatic heterocycles. The molecule has 1 rings (SSSR count). The molecular weight excluding hydrogens is 310 g/mol. The Bertz CT molecular complexity index is 561. The van der Waals surface area contributed by atoms with E-state index in [0.717, 1.165) is 13.0 Å². The van der Waals surface area contributed by atoms with E-state index in [2.05, 4.69) is 10.2 Å². The average molecular weight is 337 g/mol. The summed E-state index contributed by atoms with van der Waals surface area (Å²) in [6.45, 7) is 2.86. The first-order valence-electron chi connectivity index (χ1n) is 7.80. The maximum atomic E-state index is 12.1. The molecule has 1 aromatic rings. The number of amides is 2. The lowest BCUT2D eigenvalue weighted by Gasteiger charge is -2.22. The minimum atomic E-state index is -0.217. The van der Waals surface area contributed by atoms with Crippen molar-refractivity contribution in [3.63, 3.8) is 0 Å². The number of hydrogen-bond donors (Lipinski definition) is 1. The fraction of sp³-hybridized carbons (Fsp3) is 0.529. The summed E-state index contributed by atoms with van der Waals surface area (Å²) in [5, 5.41) is 2.83. The highest BCUT2D eigenvalue weighted by atomic mass is 16.5. The number of ether oxygens (including phenoxy) is 2. The molecule has 1 N–H and O–H groups in total. The Kier molecular flexibility index (Phi) is 8.05. The van der Waals surface area contributed by atoms with Gasteiger partial charge in [0, 0.05) is 25.2 Å². The van der Waals surface area contributed by atoms with Crippen LogP contribution in [0.25, 0.3) is 0 Å². The van der Waals surface area contributed by atoms with E-state index in [-0.39, 0.29) is 18.4 Å². The molecule has 0 spiro atoms. The van der Waals surface area contributed by atoms with Crippen molar-refractivity contribution in [2.24, 2.45) is 0 Å². The Labute approximate surface area is 143 Å². The van der Waals surface area contributed by atoms with Crippen molar-refractivity contribution in [2.45, 2.75) is 13.3 Å². The smallest absolute Gasteiger partial charge is 0.240 e. The van der Waals surface area contributed by atoms with Gasteiger partial charge in [-0.2, -0.15) is 0 Å². The van der Waals surface area contributed by atoms with Gasteiger partial charge in [0.15, 0.2) is 11.5 Å². The monoisotopic (exact) mass is 337 g/mol. The molecule has 0 radical (unpaired) electrons. The molecule has 0 bridgehead atoms. The topological polar surface area (TPSA) is 71.1 Å². The summed E-state index contributed by atoms with van der Waals surface area (Å²) >= 11 is 0. The lowest BCUT2D eigenvalue weighted by Crippen LogP contribution is -2.40. The van der Waals surface area contributed by atoms with Gasteiger partial charge in [0.05, 0.1) is 14.2 Å². The fourth-order valence-corrected chi connectivity index (χ4v) is 2.20. The molecule has 0 atom stereocenters. The quantitative estimate of drug-likeness (QED) is 0.684. The summed E-state index contributed by atoms with van der Waals surface area (Å²) in [5.41, 5.74) is 0.587. The SMILES string of the molecule is COc1ccc(N(CC(=O)NCCCN(C)C)C(C)=O)cc1OC. The van der Waals surface area contributed by atoms with Crippen molar-refractivity contribution < 1.29 is 19.1 Å². The molecule has 0 aliphatic rings. The third-order valence-electron chi connectivity index (χ3n) is 3.46. The van der Waals surface area contributed by atoms with E-state index in [9.17, 15) is 9.59 Å². The van der Waals surface area contributed by atoms with Gasteiger partial charge in [-0.3, -0.25) is 9.59 Å². The predicted molar refractivity (Wildman–Crippen MR) is 93.8 cm³/mol. The lowest BCUT2D eigenvalue weighted by atomic mass is 10.2. The van der Waals surface area contributed by atoms with E-state index in [1.54, 1.807) is 25.3 Å². The van der Waals surface area contributed by atoms with Gasteiger partial charge in [-0.25, -0.2) is 0 Å². The van der Waals surface area contributed by atoms with Crippen molar-refractivity contribution in [3.8, 4) is 11.5 Å². The van der Waals surface area contributed by atoms with Crippen LogP contribution in [0.1, 0.15) is 13.3 Å². The molecule has 7 heteroatoms. The number of methoxy groups -OCH3 is 2. The van der Waals surface area contributed by atoms with Gasteiger partial charge >= 0.3 is 0 Å². The van der Waals surface area contributed by atoms with E-state index in [4.69, 9.17) is 9.47 Å². The molecule has 7 nitrogen and oxygen atoms in total. The molecule has 0 fully saturated rings. The summed E-state index contributed by atoms with van der Waals surface area (Å²) in [4.78, 5) is 27.5. The Hall–Kier alpha value is -2.28. The van der Waals surface area contributed by atoms with Gasteiger partial charge in [-0.05, 0) is 39.2 Å². The first kappa shape index (κ1) is 19.8. The number of carbonyl (C=O) groups excluding carboxylic acids is 2. The van der Waals surface area contributed by atoms with Crippen LogP contribution in [0.4, 0.5) is 5.69 Å². The van der Waals surface area contributed by atoms with Gasteiger partial charge in [-0.15, -0.1) is 0 Å². The summed E-state index contributed by atoms with van der Waals surface area (Å²) < 4.78 is 10.4. The van der Waals surface area contributed by atoms with Crippen LogP contribution < -0.4 is 19.7 Å². The highest BCUT2D eigenvalue weighted by molar-refractivity contribution is 5.97. The maximum Gasteiger partial charge on any atom is 0.240 e. The Morgan fingerprint density at radius 3 is 2.33 bits per heavy atom. The van der Waals surface area contributed by atoms with Crippen LogP contribution in [0.2, 0.25) is 0 Å². The van der Waals surface area contributed by atoms with Gasteiger partial charge in [0.2, 0.25) is 11.8 Å². The zero-order chi connectivity index (χ0) is 18.1. The fourth-order valence-electron chi connectivity index (χ4n) is 2.20. The van der Waals surface area contributed by atoms with Crippen LogP contribution in [0.5, 0.6) is 11.5 Å². The van der Waals surface area contributed by atoms with Crippen LogP contribution in [-0.2, 0) is 9.59 Å². The lowest BCUT2D eigenvalue weighted by molar-refractivity contribution is -0.123. The summed E-state index contributed by atoms with van der Waals surface area (Å²) in [7, 11) is 7.03. The Balaban J connectivity index is 2.73. The third kappa shape index (κ3) is 6.08. The maximum absolute atomic E-state index is 12.1. The van der Waals surface area contributed by atoms with E-state index >= 15 is 0 Å². The van der Waals surface area contributed by atoms with Crippen molar-refractivity contribution >= 4 is 17.5 Å². The number of anilines is 1. The van der Waals surface area contributed by atoms with Gasteiger partial charge < -0.3 is 24.6 Å². The number of nitrogens with one attached hydrogen (secondary N) is 1. The zero-order valence-corrected chi connectivity index (χ0v) is 15.1. The van der Waals surface area contributed by atoms with Gasteiger partial charge in [0.25, 0.3) is 0 Å². The molecular formula is C17H27N3O4. The predicted octanol–water partition coefficient (Wildman–Crippen LogP) is 1.12. The van der Waals surface area contributed by atoms with E-state index in [1.807, 2.05) is 14.1 Å². The molecule has 1 aromatic carbocycles. The first-order chi connectivity index (χ1) is 11.4. The van der Waals surface area contributed by atoms with Crippen molar-refractivity contribution in [1.82, 2.24) is 10.2 Å². The highest BCUT2D eigenvalue weighted by Crippen LogP contribution is 2.31. The minimum absolute atomic E-state index is 0.0349.